The lowest BCUT2D eigenvalue weighted by Gasteiger charge is -2.23. The summed E-state index contributed by atoms with van der Waals surface area (Å²) in [5.41, 5.74) is 0.845. The average molecular weight is 350 g/mol. The van der Waals surface area contributed by atoms with Crippen LogP contribution >= 0.6 is 0 Å². The van der Waals surface area contributed by atoms with Crippen molar-refractivity contribution in [3.8, 4) is 0 Å². The highest BCUT2D eigenvalue weighted by Crippen LogP contribution is 2.09. The molecule has 0 aliphatic rings. The summed E-state index contributed by atoms with van der Waals surface area (Å²) >= 11 is 0. The molecular formula is C18H26N2O5. The number of methoxy groups -OCH3 is 1. The first-order chi connectivity index (χ1) is 11.9. The van der Waals surface area contributed by atoms with E-state index in [2.05, 4.69) is 10.6 Å². The van der Waals surface area contributed by atoms with Gasteiger partial charge in [0.05, 0.1) is 7.11 Å². The van der Waals surface area contributed by atoms with Gasteiger partial charge in [-0.1, -0.05) is 50.6 Å². The second-order valence-corrected chi connectivity index (χ2v) is 5.82. The van der Waals surface area contributed by atoms with E-state index in [9.17, 15) is 14.4 Å². The minimum Gasteiger partial charge on any atom is -0.467 e. The van der Waals surface area contributed by atoms with Crippen LogP contribution in [0, 0.1) is 5.92 Å². The Morgan fingerprint density at radius 1 is 1.08 bits per heavy atom. The Hall–Kier alpha value is -2.57. The van der Waals surface area contributed by atoms with Gasteiger partial charge in [0.2, 0.25) is 5.91 Å². The van der Waals surface area contributed by atoms with Gasteiger partial charge in [0, 0.05) is 0 Å². The Balaban J connectivity index is 2.51. The Morgan fingerprint density at radius 2 is 1.72 bits per heavy atom. The smallest absolute Gasteiger partial charge is 0.408 e. The number of nitrogens with one attached hydrogen (secondary N) is 2. The van der Waals surface area contributed by atoms with Gasteiger partial charge in [0.1, 0.15) is 18.7 Å². The molecule has 1 aromatic carbocycles. The lowest BCUT2D eigenvalue weighted by molar-refractivity contribution is -0.146. The van der Waals surface area contributed by atoms with Gasteiger partial charge in [-0.2, -0.15) is 0 Å². The first-order valence-electron chi connectivity index (χ1n) is 8.24. The normalized spacial score (nSPS) is 13.9. The van der Waals surface area contributed by atoms with Gasteiger partial charge in [0.25, 0.3) is 0 Å². The van der Waals surface area contributed by atoms with Crippen LogP contribution in [0.15, 0.2) is 30.3 Å². The third-order valence-electron chi connectivity index (χ3n) is 3.91. The van der Waals surface area contributed by atoms with Crippen LogP contribution in [-0.2, 0) is 25.7 Å². The van der Waals surface area contributed by atoms with Crippen molar-refractivity contribution in [2.24, 2.45) is 5.92 Å². The zero-order chi connectivity index (χ0) is 18.8. The van der Waals surface area contributed by atoms with E-state index in [1.54, 1.807) is 0 Å². The van der Waals surface area contributed by atoms with Crippen molar-refractivity contribution >= 4 is 18.0 Å². The van der Waals surface area contributed by atoms with E-state index >= 15 is 0 Å². The molecule has 0 spiro atoms. The molecule has 7 heteroatoms. The molecule has 1 rings (SSSR count). The predicted molar refractivity (Wildman–Crippen MR) is 92.6 cm³/mol. The first kappa shape index (κ1) is 20.5. The van der Waals surface area contributed by atoms with Gasteiger partial charge in [-0.3, -0.25) is 4.79 Å². The number of carbonyl (C=O) groups excluding carboxylic acids is 3. The Bertz CT molecular complexity index is 576. The second kappa shape index (κ2) is 10.3. The Morgan fingerprint density at radius 3 is 2.28 bits per heavy atom. The van der Waals surface area contributed by atoms with Crippen LogP contribution in [0.25, 0.3) is 0 Å². The quantitative estimate of drug-likeness (QED) is 0.700. The summed E-state index contributed by atoms with van der Waals surface area (Å²) < 4.78 is 9.79. The van der Waals surface area contributed by atoms with Crippen LogP contribution in [0.4, 0.5) is 4.79 Å². The maximum Gasteiger partial charge on any atom is 0.408 e. The molecule has 0 radical (unpaired) electrons. The number of ether oxygens (including phenoxy) is 2. The van der Waals surface area contributed by atoms with Crippen molar-refractivity contribution in [3.05, 3.63) is 35.9 Å². The van der Waals surface area contributed by atoms with Gasteiger partial charge in [-0.25, -0.2) is 9.59 Å². The molecule has 0 saturated heterocycles. The molecule has 0 saturated carbocycles. The summed E-state index contributed by atoms with van der Waals surface area (Å²) in [4.78, 5) is 35.8. The van der Waals surface area contributed by atoms with Crippen molar-refractivity contribution in [2.75, 3.05) is 7.11 Å². The van der Waals surface area contributed by atoms with Crippen LogP contribution in [0.2, 0.25) is 0 Å². The number of carbonyl (C=O) groups is 3. The summed E-state index contributed by atoms with van der Waals surface area (Å²) in [5, 5.41) is 5.06. The minimum atomic E-state index is -0.848. The third-order valence-corrected chi connectivity index (χ3v) is 3.91. The SMILES string of the molecule is CC[C@H](C)[C@@H](NC(=O)[C@H](C)NC(=O)OCc1ccccc1)C(=O)OC. The number of hydrogen-bond acceptors (Lipinski definition) is 5. The fraction of sp³-hybridized carbons (Fsp3) is 0.500. The first-order valence-corrected chi connectivity index (χ1v) is 8.24. The molecule has 25 heavy (non-hydrogen) atoms. The fourth-order valence-electron chi connectivity index (χ4n) is 2.08. The standard InChI is InChI=1S/C18H26N2O5/c1-5-12(2)15(17(22)24-4)20-16(21)13(3)19-18(23)25-11-14-9-7-6-8-10-14/h6-10,12-13,15H,5,11H2,1-4H3,(H,19,23)(H,20,21)/t12-,13-,15+/m0/s1. The molecule has 0 aromatic heterocycles. The van der Waals surface area contributed by atoms with E-state index in [1.807, 2.05) is 44.2 Å². The Labute approximate surface area is 148 Å². The molecule has 0 unspecified atom stereocenters. The zero-order valence-electron chi connectivity index (χ0n) is 15.1. The lowest BCUT2D eigenvalue weighted by Crippen LogP contribution is -2.52. The molecule has 2 N–H and O–H groups in total. The highest BCUT2D eigenvalue weighted by molar-refractivity contribution is 5.89. The van der Waals surface area contributed by atoms with Gasteiger partial charge in [-0.15, -0.1) is 0 Å². The fourth-order valence-corrected chi connectivity index (χ4v) is 2.08. The summed E-state index contributed by atoms with van der Waals surface area (Å²) in [6, 6.07) is 7.60. The zero-order valence-corrected chi connectivity index (χ0v) is 15.1. The van der Waals surface area contributed by atoms with Crippen molar-refractivity contribution in [2.45, 2.75) is 45.9 Å². The van der Waals surface area contributed by atoms with E-state index in [0.717, 1.165) is 5.56 Å². The number of hydrogen-bond donors (Lipinski definition) is 2. The van der Waals surface area contributed by atoms with Crippen LogP contribution in [-0.4, -0.2) is 37.2 Å². The maximum absolute atomic E-state index is 12.2. The topological polar surface area (TPSA) is 93.7 Å². The molecular weight excluding hydrogens is 324 g/mol. The van der Waals surface area contributed by atoms with Crippen LogP contribution < -0.4 is 10.6 Å². The maximum atomic E-state index is 12.2. The van der Waals surface area contributed by atoms with Gasteiger partial charge < -0.3 is 20.1 Å². The molecule has 0 fully saturated rings. The van der Waals surface area contributed by atoms with E-state index in [0.29, 0.717) is 6.42 Å². The number of rotatable bonds is 8. The summed E-state index contributed by atoms with van der Waals surface area (Å²) in [6.07, 6.45) is -0.00861. The highest BCUT2D eigenvalue weighted by Gasteiger charge is 2.28. The predicted octanol–water partition coefficient (Wildman–Crippen LogP) is 2.01. The molecule has 0 aliphatic carbocycles. The summed E-state index contributed by atoms with van der Waals surface area (Å²) in [7, 11) is 1.27. The van der Waals surface area contributed by atoms with Crippen molar-refractivity contribution < 1.29 is 23.9 Å². The summed E-state index contributed by atoms with van der Waals surface area (Å²) in [6.45, 7) is 5.38. The number of amides is 2. The highest BCUT2D eigenvalue weighted by atomic mass is 16.5. The van der Waals surface area contributed by atoms with E-state index in [1.165, 1.54) is 14.0 Å². The average Bonchev–Trinajstić information content (AvgIpc) is 2.63. The van der Waals surface area contributed by atoms with Gasteiger partial charge in [0.15, 0.2) is 0 Å². The number of esters is 1. The van der Waals surface area contributed by atoms with E-state index in [-0.39, 0.29) is 12.5 Å². The van der Waals surface area contributed by atoms with E-state index < -0.39 is 30.1 Å². The van der Waals surface area contributed by atoms with Crippen LogP contribution in [0.3, 0.4) is 0 Å². The number of benzene rings is 1. The largest absolute Gasteiger partial charge is 0.467 e. The summed E-state index contributed by atoms with van der Waals surface area (Å²) in [5.74, 6) is -1.08. The van der Waals surface area contributed by atoms with Crippen molar-refractivity contribution in [1.29, 1.82) is 0 Å². The number of alkyl carbamates (subject to hydrolysis) is 1. The molecule has 1 aromatic rings. The second-order valence-electron chi connectivity index (χ2n) is 5.82. The molecule has 138 valence electrons. The molecule has 7 nitrogen and oxygen atoms in total. The molecule has 2 amide bonds. The van der Waals surface area contributed by atoms with Gasteiger partial charge in [-0.05, 0) is 18.4 Å². The van der Waals surface area contributed by atoms with E-state index in [4.69, 9.17) is 9.47 Å². The molecule has 0 aliphatic heterocycles. The van der Waals surface area contributed by atoms with Crippen LogP contribution in [0.5, 0.6) is 0 Å². The minimum absolute atomic E-state index is 0.0892. The van der Waals surface area contributed by atoms with Crippen molar-refractivity contribution in [3.63, 3.8) is 0 Å². The Kier molecular flexibility index (Phi) is 8.46. The molecule has 0 bridgehead atoms. The third kappa shape index (κ3) is 6.82. The van der Waals surface area contributed by atoms with Gasteiger partial charge >= 0.3 is 12.1 Å². The monoisotopic (exact) mass is 350 g/mol. The van der Waals surface area contributed by atoms with Crippen LogP contribution in [0.1, 0.15) is 32.8 Å². The molecule has 3 atom stereocenters. The molecule has 0 heterocycles. The van der Waals surface area contributed by atoms with Crippen molar-refractivity contribution in [1.82, 2.24) is 10.6 Å². The lowest BCUT2D eigenvalue weighted by atomic mass is 9.99.